The van der Waals surface area contributed by atoms with E-state index in [4.69, 9.17) is 0 Å². The van der Waals surface area contributed by atoms with Crippen LogP contribution in [0.4, 0.5) is 5.13 Å². The third-order valence-corrected chi connectivity index (χ3v) is 7.74. The molecule has 2 aromatic carbocycles. The fraction of sp³-hybridized carbons (Fsp3) is 0.273. The normalized spacial score (nSPS) is 14.3. The molecule has 0 aliphatic carbocycles. The van der Waals surface area contributed by atoms with Crippen LogP contribution in [0.1, 0.15) is 22.6 Å². The lowest BCUT2D eigenvalue weighted by Gasteiger charge is -2.25. The van der Waals surface area contributed by atoms with Gasteiger partial charge in [0.2, 0.25) is 5.91 Å². The number of carbonyl (C=O) groups is 1. The van der Waals surface area contributed by atoms with Gasteiger partial charge in [-0.25, -0.2) is 13.4 Å². The molecule has 4 rings (SSSR count). The van der Waals surface area contributed by atoms with Crippen molar-refractivity contribution in [3.8, 4) is 0 Å². The summed E-state index contributed by atoms with van der Waals surface area (Å²) in [7, 11) is -3.47. The first-order valence-corrected chi connectivity index (χ1v) is 12.3. The molecule has 0 bridgehead atoms. The van der Waals surface area contributed by atoms with Gasteiger partial charge in [0.1, 0.15) is 0 Å². The number of amides is 1. The van der Waals surface area contributed by atoms with Crippen molar-refractivity contribution in [3.05, 3.63) is 76.8 Å². The van der Waals surface area contributed by atoms with Crippen molar-refractivity contribution in [2.75, 3.05) is 17.6 Å². The molecule has 1 aromatic heterocycles. The number of fused-ring (bicyclic) bond motifs is 1. The summed E-state index contributed by atoms with van der Waals surface area (Å²) in [6, 6.07) is 18.5. The fourth-order valence-corrected chi connectivity index (χ4v) is 5.76. The molecule has 3 aromatic rings. The molecule has 8 heteroatoms. The second-order valence-corrected chi connectivity index (χ2v) is 10.5. The molecule has 0 unspecified atom stereocenters. The van der Waals surface area contributed by atoms with E-state index in [1.807, 2.05) is 18.2 Å². The van der Waals surface area contributed by atoms with Crippen molar-refractivity contribution in [3.63, 3.8) is 0 Å². The summed E-state index contributed by atoms with van der Waals surface area (Å²) in [5, 5.41) is 3.32. The van der Waals surface area contributed by atoms with Crippen LogP contribution < -0.4 is 5.32 Å². The molecule has 0 radical (unpaired) electrons. The first-order valence-electron chi connectivity index (χ1n) is 9.82. The van der Waals surface area contributed by atoms with Crippen molar-refractivity contribution in [1.82, 2.24) is 9.88 Å². The maximum Gasteiger partial charge on any atom is 0.227 e. The molecule has 1 aliphatic rings. The molecule has 6 nitrogen and oxygen atoms in total. The number of anilines is 1. The summed E-state index contributed by atoms with van der Waals surface area (Å²) in [6.45, 7) is 2.62. The van der Waals surface area contributed by atoms with Gasteiger partial charge in [0.25, 0.3) is 0 Å². The predicted molar refractivity (Wildman–Crippen MR) is 118 cm³/mol. The lowest BCUT2D eigenvalue weighted by atomic mass is 10.1. The molecular formula is C22H23N3O3S2. The van der Waals surface area contributed by atoms with Crippen molar-refractivity contribution in [2.45, 2.75) is 30.8 Å². The topological polar surface area (TPSA) is 79.4 Å². The lowest BCUT2D eigenvalue weighted by Crippen LogP contribution is -2.29. The van der Waals surface area contributed by atoms with Gasteiger partial charge < -0.3 is 5.32 Å². The van der Waals surface area contributed by atoms with Gasteiger partial charge in [-0.3, -0.25) is 9.69 Å². The highest BCUT2D eigenvalue weighted by atomic mass is 32.2. The summed E-state index contributed by atoms with van der Waals surface area (Å²) >= 11 is 1.47. The molecule has 30 heavy (non-hydrogen) atoms. The second kappa shape index (κ2) is 9.07. The summed E-state index contributed by atoms with van der Waals surface area (Å²) in [6.07, 6.45) is 0.749. The Hall–Kier alpha value is -2.55. The molecule has 1 amide bonds. The molecule has 0 spiro atoms. The number of benzene rings is 2. The van der Waals surface area contributed by atoms with Gasteiger partial charge in [-0.15, -0.1) is 11.3 Å². The van der Waals surface area contributed by atoms with Gasteiger partial charge in [0.05, 0.1) is 16.3 Å². The zero-order valence-electron chi connectivity index (χ0n) is 16.5. The van der Waals surface area contributed by atoms with Gasteiger partial charge >= 0.3 is 0 Å². The molecule has 1 N–H and O–H groups in total. The maximum atomic E-state index is 12.3. The third kappa shape index (κ3) is 5.13. The molecule has 2 heterocycles. The molecule has 0 saturated carbocycles. The zero-order chi connectivity index (χ0) is 21.0. The Labute approximate surface area is 180 Å². The van der Waals surface area contributed by atoms with Crippen LogP contribution in [0.3, 0.4) is 0 Å². The van der Waals surface area contributed by atoms with Gasteiger partial charge in [-0.1, -0.05) is 48.5 Å². The number of nitrogens with one attached hydrogen (secondary N) is 1. The van der Waals surface area contributed by atoms with E-state index >= 15 is 0 Å². The van der Waals surface area contributed by atoms with E-state index in [0.29, 0.717) is 5.13 Å². The zero-order valence-corrected chi connectivity index (χ0v) is 18.1. The number of carbonyl (C=O) groups excluding carboxylic acids is 1. The summed E-state index contributed by atoms with van der Waals surface area (Å²) < 4.78 is 24.7. The Balaban J connectivity index is 1.32. The molecule has 156 valence electrons. The van der Waals surface area contributed by atoms with E-state index in [-0.39, 0.29) is 23.0 Å². The van der Waals surface area contributed by atoms with E-state index in [1.54, 1.807) is 30.3 Å². The van der Waals surface area contributed by atoms with Gasteiger partial charge in [0, 0.05) is 37.4 Å². The molecule has 1 aliphatic heterocycles. The first kappa shape index (κ1) is 20.7. The van der Waals surface area contributed by atoms with E-state index in [9.17, 15) is 13.2 Å². The summed E-state index contributed by atoms with van der Waals surface area (Å²) in [4.78, 5) is 20.6. The minimum Gasteiger partial charge on any atom is -0.302 e. The molecular weight excluding hydrogens is 418 g/mol. The lowest BCUT2D eigenvalue weighted by molar-refractivity contribution is -0.115. The number of rotatable bonds is 7. The Morgan fingerprint density at radius 2 is 1.77 bits per heavy atom. The van der Waals surface area contributed by atoms with Crippen molar-refractivity contribution < 1.29 is 13.2 Å². The van der Waals surface area contributed by atoms with E-state index in [2.05, 4.69) is 27.3 Å². The Kier molecular flexibility index (Phi) is 6.26. The highest BCUT2D eigenvalue weighted by molar-refractivity contribution is 7.91. The minimum absolute atomic E-state index is 0.0956. The van der Waals surface area contributed by atoms with Crippen molar-refractivity contribution >= 4 is 32.2 Å². The smallest absolute Gasteiger partial charge is 0.227 e. The maximum absolute atomic E-state index is 12.3. The molecule has 0 saturated heterocycles. The highest BCUT2D eigenvalue weighted by Gasteiger charge is 2.22. The summed E-state index contributed by atoms with van der Waals surface area (Å²) in [5.74, 6) is -0.555. The number of aromatic nitrogens is 1. The Bertz CT molecular complexity index is 1110. The first-order chi connectivity index (χ1) is 14.5. The number of hydrogen-bond donors (Lipinski definition) is 1. The van der Waals surface area contributed by atoms with Crippen molar-refractivity contribution in [2.24, 2.45) is 0 Å². The Morgan fingerprint density at radius 1 is 1.07 bits per heavy atom. The SMILES string of the molecule is O=C(CCS(=O)(=O)c1ccccc1)Nc1nc2c(s1)CN(Cc1ccccc1)CC2. The third-order valence-electron chi connectivity index (χ3n) is 5.01. The molecule has 0 atom stereocenters. The number of nitrogens with zero attached hydrogens (tertiary/aromatic N) is 2. The second-order valence-electron chi connectivity index (χ2n) is 7.27. The number of thiazole rings is 1. The van der Waals surface area contributed by atoms with Crippen LogP contribution in [0.15, 0.2) is 65.6 Å². The Morgan fingerprint density at radius 3 is 2.50 bits per heavy atom. The van der Waals surface area contributed by atoms with Gasteiger partial charge in [0.15, 0.2) is 15.0 Å². The van der Waals surface area contributed by atoms with Gasteiger partial charge in [-0.2, -0.15) is 0 Å². The van der Waals surface area contributed by atoms with Crippen LogP contribution in [0.2, 0.25) is 0 Å². The standard InChI is InChI=1S/C22H23N3O3S2/c26-21(12-14-30(27,28)18-9-5-2-6-10-18)24-22-23-19-11-13-25(16-20(19)29-22)15-17-7-3-1-4-8-17/h1-10H,11-16H2,(H,23,24,26). The average molecular weight is 442 g/mol. The minimum atomic E-state index is -3.47. The van der Waals surface area contributed by atoms with Crippen LogP contribution in [-0.4, -0.2) is 36.5 Å². The van der Waals surface area contributed by atoms with Crippen LogP contribution in [-0.2, 0) is 34.1 Å². The average Bonchev–Trinajstić information content (AvgIpc) is 3.15. The van der Waals surface area contributed by atoms with E-state index in [0.717, 1.165) is 36.6 Å². The van der Waals surface area contributed by atoms with Gasteiger partial charge in [-0.05, 0) is 17.7 Å². The number of sulfone groups is 1. The van der Waals surface area contributed by atoms with Crippen LogP contribution in [0.5, 0.6) is 0 Å². The van der Waals surface area contributed by atoms with Crippen LogP contribution >= 0.6 is 11.3 Å². The predicted octanol–water partition coefficient (Wildman–Crippen LogP) is 3.50. The number of hydrogen-bond acceptors (Lipinski definition) is 6. The molecule has 0 fully saturated rings. The largest absolute Gasteiger partial charge is 0.302 e. The van der Waals surface area contributed by atoms with Crippen molar-refractivity contribution in [1.29, 1.82) is 0 Å². The highest BCUT2D eigenvalue weighted by Crippen LogP contribution is 2.29. The van der Waals surface area contributed by atoms with E-state index < -0.39 is 9.84 Å². The van der Waals surface area contributed by atoms with Crippen LogP contribution in [0.25, 0.3) is 0 Å². The monoisotopic (exact) mass is 441 g/mol. The fourth-order valence-electron chi connectivity index (χ4n) is 3.43. The quantitative estimate of drug-likeness (QED) is 0.607. The summed E-state index contributed by atoms with van der Waals surface area (Å²) in [5.41, 5.74) is 2.30. The van der Waals surface area contributed by atoms with E-state index in [1.165, 1.54) is 16.9 Å². The van der Waals surface area contributed by atoms with Crippen LogP contribution in [0, 0.1) is 0 Å².